The van der Waals surface area contributed by atoms with Gasteiger partial charge in [-0.1, -0.05) is 6.07 Å². The van der Waals surface area contributed by atoms with E-state index in [4.69, 9.17) is 0 Å². The Morgan fingerprint density at radius 2 is 2.00 bits per heavy atom. The highest BCUT2D eigenvalue weighted by Crippen LogP contribution is 2.28. The van der Waals surface area contributed by atoms with Crippen LogP contribution in [0, 0.1) is 0 Å². The summed E-state index contributed by atoms with van der Waals surface area (Å²) in [5.41, 5.74) is 1.69. The third kappa shape index (κ3) is 2.58. The molecule has 1 aromatic heterocycles. The molecule has 6 heteroatoms. The van der Waals surface area contributed by atoms with Crippen molar-refractivity contribution in [3.8, 4) is 0 Å². The third-order valence-electron chi connectivity index (χ3n) is 2.31. The molecule has 2 rings (SSSR count). The van der Waals surface area contributed by atoms with Crippen molar-refractivity contribution in [2.75, 3.05) is 14.1 Å². The topological polar surface area (TPSA) is 31.9 Å². The molecule has 0 unspecified atom stereocenters. The average molecular weight is 243 g/mol. The van der Waals surface area contributed by atoms with Gasteiger partial charge in [0.1, 0.15) is 0 Å². The first-order valence-electron chi connectivity index (χ1n) is 5.07. The molecule has 0 bridgehead atoms. The number of rotatable bonds is 2. The maximum atomic E-state index is 12.4. The van der Waals surface area contributed by atoms with E-state index in [-0.39, 0.29) is 0 Å². The zero-order chi connectivity index (χ0) is 12.6. The summed E-state index contributed by atoms with van der Waals surface area (Å²) in [6.45, 7) is 0.677. The summed E-state index contributed by atoms with van der Waals surface area (Å²) < 4.78 is 37.3. The lowest BCUT2D eigenvalue weighted by Gasteiger charge is -2.08. The predicted molar refractivity (Wildman–Crippen MR) is 58.5 cm³/mol. The van der Waals surface area contributed by atoms with E-state index in [1.807, 2.05) is 19.0 Å². The van der Waals surface area contributed by atoms with Crippen LogP contribution < -0.4 is 0 Å². The van der Waals surface area contributed by atoms with Crippen molar-refractivity contribution in [3.05, 3.63) is 29.6 Å². The molecule has 0 saturated carbocycles. The van der Waals surface area contributed by atoms with Crippen molar-refractivity contribution < 1.29 is 13.2 Å². The minimum absolute atomic E-state index is 0.333. The predicted octanol–water partition coefficient (Wildman–Crippen LogP) is 2.64. The lowest BCUT2D eigenvalue weighted by Crippen LogP contribution is -2.10. The Bertz CT molecular complexity index is 528. The fourth-order valence-electron chi connectivity index (χ4n) is 1.65. The number of benzene rings is 1. The van der Waals surface area contributed by atoms with Crippen LogP contribution >= 0.6 is 0 Å². The maximum absolute atomic E-state index is 12.4. The molecule has 0 aliphatic rings. The zero-order valence-corrected chi connectivity index (χ0v) is 9.47. The maximum Gasteiger partial charge on any atom is 0.449 e. The first-order chi connectivity index (χ1) is 7.86. The molecule has 0 amide bonds. The van der Waals surface area contributed by atoms with Crippen LogP contribution in [0.15, 0.2) is 18.2 Å². The smallest absolute Gasteiger partial charge is 0.334 e. The van der Waals surface area contributed by atoms with Gasteiger partial charge in [0.15, 0.2) is 0 Å². The first kappa shape index (κ1) is 11.9. The zero-order valence-electron chi connectivity index (χ0n) is 9.47. The van der Waals surface area contributed by atoms with E-state index in [0.29, 0.717) is 17.6 Å². The fraction of sp³-hybridized carbons (Fsp3) is 0.364. The summed E-state index contributed by atoms with van der Waals surface area (Å²) in [4.78, 5) is 7.75. The molecule has 17 heavy (non-hydrogen) atoms. The van der Waals surface area contributed by atoms with Crippen LogP contribution in [0.3, 0.4) is 0 Å². The number of fused-ring (bicyclic) bond motifs is 1. The van der Waals surface area contributed by atoms with E-state index in [2.05, 4.69) is 9.97 Å². The van der Waals surface area contributed by atoms with Crippen LogP contribution in [0.2, 0.25) is 0 Å². The number of nitrogens with zero attached hydrogens (tertiary/aromatic N) is 2. The Morgan fingerprint density at radius 1 is 1.29 bits per heavy atom. The van der Waals surface area contributed by atoms with Gasteiger partial charge >= 0.3 is 6.18 Å². The quantitative estimate of drug-likeness (QED) is 0.879. The second-order valence-electron chi connectivity index (χ2n) is 4.17. The molecule has 1 N–H and O–H groups in total. The Hall–Kier alpha value is -1.56. The fourth-order valence-corrected chi connectivity index (χ4v) is 1.65. The van der Waals surface area contributed by atoms with E-state index < -0.39 is 12.0 Å². The molecule has 1 heterocycles. The number of alkyl halides is 3. The van der Waals surface area contributed by atoms with E-state index in [1.165, 1.54) is 0 Å². The summed E-state index contributed by atoms with van der Waals surface area (Å²) in [5.74, 6) is -0.950. The summed E-state index contributed by atoms with van der Waals surface area (Å²) in [5, 5.41) is 0. The van der Waals surface area contributed by atoms with Crippen LogP contribution in [0.1, 0.15) is 11.4 Å². The number of hydrogen-bond donors (Lipinski definition) is 1. The number of aromatic nitrogens is 2. The van der Waals surface area contributed by atoms with Crippen molar-refractivity contribution in [2.45, 2.75) is 12.7 Å². The van der Waals surface area contributed by atoms with Crippen molar-refractivity contribution in [1.82, 2.24) is 14.9 Å². The Morgan fingerprint density at radius 3 is 2.59 bits per heavy atom. The van der Waals surface area contributed by atoms with Gasteiger partial charge < -0.3 is 9.88 Å². The molecule has 1 aromatic carbocycles. The largest absolute Gasteiger partial charge is 0.449 e. The SMILES string of the molecule is CN(C)Cc1ccc2nc(C(F)(F)F)[nH]c2c1. The minimum Gasteiger partial charge on any atom is -0.334 e. The third-order valence-corrected chi connectivity index (χ3v) is 2.31. The molecule has 92 valence electrons. The highest BCUT2D eigenvalue weighted by atomic mass is 19.4. The molecule has 0 fully saturated rings. The summed E-state index contributed by atoms with van der Waals surface area (Å²) in [6.07, 6.45) is -4.43. The van der Waals surface area contributed by atoms with Crippen LogP contribution in [-0.2, 0) is 12.7 Å². The van der Waals surface area contributed by atoms with Gasteiger partial charge in [0.05, 0.1) is 11.0 Å². The highest BCUT2D eigenvalue weighted by Gasteiger charge is 2.34. The number of hydrogen-bond acceptors (Lipinski definition) is 2. The normalized spacial score (nSPS) is 12.6. The monoisotopic (exact) mass is 243 g/mol. The van der Waals surface area contributed by atoms with Gasteiger partial charge in [-0.25, -0.2) is 4.98 Å². The second kappa shape index (κ2) is 4.03. The summed E-state index contributed by atoms with van der Waals surface area (Å²) >= 11 is 0. The molecule has 2 aromatic rings. The van der Waals surface area contributed by atoms with Gasteiger partial charge in [-0.2, -0.15) is 13.2 Å². The van der Waals surface area contributed by atoms with Crippen LogP contribution in [0.4, 0.5) is 13.2 Å². The van der Waals surface area contributed by atoms with Gasteiger partial charge in [0.2, 0.25) is 5.82 Å². The van der Waals surface area contributed by atoms with Gasteiger partial charge in [-0.3, -0.25) is 0 Å². The average Bonchev–Trinajstić information content (AvgIpc) is 2.58. The number of H-pyrrole nitrogens is 1. The molecule has 0 aliphatic carbocycles. The Balaban J connectivity index is 2.41. The van der Waals surface area contributed by atoms with Crippen molar-refractivity contribution in [1.29, 1.82) is 0 Å². The molecule has 0 saturated heterocycles. The first-order valence-corrected chi connectivity index (χ1v) is 5.07. The van der Waals surface area contributed by atoms with Gasteiger partial charge in [-0.15, -0.1) is 0 Å². The number of halogens is 3. The van der Waals surface area contributed by atoms with E-state index in [1.54, 1.807) is 18.2 Å². The number of aromatic amines is 1. The molecule has 0 aliphatic heterocycles. The molecular weight excluding hydrogens is 231 g/mol. The minimum atomic E-state index is -4.43. The van der Waals surface area contributed by atoms with Crippen LogP contribution in [-0.4, -0.2) is 29.0 Å². The van der Waals surface area contributed by atoms with Gasteiger partial charge in [0, 0.05) is 6.54 Å². The van der Waals surface area contributed by atoms with Crippen molar-refractivity contribution in [2.24, 2.45) is 0 Å². The highest BCUT2D eigenvalue weighted by molar-refractivity contribution is 5.76. The van der Waals surface area contributed by atoms with Crippen LogP contribution in [0.25, 0.3) is 11.0 Å². The molecule has 0 spiro atoms. The molecular formula is C11H12F3N3. The lowest BCUT2D eigenvalue weighted by molar-refractivity contribution is -0.144. The standard InChI is InChI=1S/C11H12F3N3/c1-17(2)6-7-3-4-8-9(5-7)16-10(15-8)11(12,13)14/h3-5H,6H2,1-2H3,(H,15,16). The summed E-state index contributed by atoms with van der Waals surface area (Å²) in [6, 6.07) is 5.07. The Labute approximate surface area is 96.3 Å². The number of imidazole rings is 1. The molecule has 0 atom stereocenters. The van der Waals surface area contributed by atoms with Crippen LogP contribution in [0.5, 0.6) is 0 Å². The van der Waals surface area contributed by atoms with E-state index >= 15 is 0 Å². The second-order valence-corrected chi connectivity index (χ2v) is 4.17. The van der Waals surface area contributed by atoms with Gasteiger partial charge in [-0.05, 0) is 31.8 Å². The van der Waals surface area contributed by atoms with Gasteiger partial charge in [0.25, 0.3) is 0 Å². The molecule has 3 nitrogen and oxygen atoms in total. The molecule has 0 radical (unpaired) electrons. The van der Waals surface area contributed by atoms with Crippen molar-refractivity contribution >= 4 is 11.0 Å². The van der Waals surface area contributed by atoms with E-state index in [0.717, 1.165) is 5.56 Å². The lowest BCUT2D eigenvalue weighted by atomic mass is 10.2. The number of nitrogens with one attached hydrogen (secondary N) is 1. The van der Waals surface area contributed by atoms with Crippen molar-refractivity contribution in [3.63, 3.8) is 0 Å². The van der Waals surface area contributed by atoms with E-state index in [9.17, 15) is 13.2 Å². The Kier molecular flexibility index (Phi) is 2.82. The summed E-state index contributed by atoms with van der Waals surface area (Å²) in [7, 11) is 3.80.